The van der Waals surface area contributed by atoms with E-state index in [-0.39, 0.29) is 5.91 Å². The Morgan fingerprint density at radius 1 is 1.28 bits per heavy atom. The van der Waals surface area contributed by atoms with Crippen LogP contribution in [0.15, 0.2) is 24.3 Å². The van der Waals surface area contributed by atoms with Crippen LogP contribution >= 0.6 is 22.6 Å². The molecule has 2 rings (SSSR count). The molecule has 0 saturated heterocycles. The molecule has 2 nitrogen and oxygen atoms in total. The van der Waals surface area contributed by atoms with Gasteiger partial charge in [-0.25, -0.2) is 0 Å². The first kappa shape index (κ1) is 13.8. The normalized spacial score (nSPS) is 20.3. The number of primary amides is 1. The molecule has 3 heteroatoms. The molecular formula is C15H20INO. The van der Waals surface area contributed by atoms with E-state index in [0.717, 1.165) is 22.0 Å². The highest BCUT2D eigenvalue weighted by molar-refractivity contribution is 14.1. The Bertz CT molecular complexity index is 440. The predicted octanol–water partition coefficient (Wildman–Crippen LogP) is 3.61. The van der Waals surface area contributed by atoms with E-state index in [4.69, 9.17) is 5.73 Å². The van der Waals surface area contributed by atoms with Crippen molar-refractivity contribution >= 4 is 28.5 Å². The van der Waals surface area contributed by atoms with Gasteiger partial charge in [-0.15, -0.1) is 0 Å². The lowest BCUT2D eigenvalue weighted by Gasteiger charge is -2.38. The second-order valence-electron chi connectivity index (χ2n) is 5.38. The highest BCUT2D eigenvalue weighted by Gasteiger charge is 2.42. The molecule has 0 aromatic heterocycles. The summed E-state index contributed by atoms with van der Waals surface area (Å²) in [5.74, 6) is 0.207. The van der Waals surface area contributed by atoms with Gasteiger partial charge in [0.1, 0.15) is 0 Å². The lowest BCUT2D eigenvalue weighted by Crippen LogP contribution is -2.46. The molecule has 1 saturated carbocycles. The van der Waals surface area contributed by atoms with Gasteiger partial charge in [-0.2, -0.15) is 0 Å². The van der Waals surface area contributed by atoms with Crippen LogP contribution in [0.25, 0.3) is 0 Å². The summed E-state index contributed by atoms with van der Waals surface area (Å²) in [5.41, 5.74) is 6.35. The lowest BCUT2D eigenvalue weighted by atomic mass is 9.66. The van der Waals surface area contributed by atoms with Crippen LogP contribution in [0.4, 0.5) is 0 Å². The van der Waals surface area contributed by atoms with Crippen molar-refractivity contribution in [2.24, 2.45) is 11.7 Å². The minimum absolute atomic E-state index is 0.182. The van der Waals surface area contributed by atoms with E-state index in [2.05, 4.69) is 34.7 Å². The molecule has 1 aliphatic rings. The Morgan fingerprint density at radius 3 is 2.44 bits per heavy atom. The second-order valence-corrected chi connectivity index (χ2v) is 6.54. The quantitative estimate of drug-likeness (QED) is 0.825. The third-order valence-electron chi connectivity index (χ3n) is 4.37. The van der Waals surface area contributed by atoms with Crippen LogP contribution in [-0.4, -0.2) is 5.91 Å². The molecule has 1 aliphatic carbocycles. The number of nitrogens with two attached hydrogens (primary N) is 1. The molecule has 0 heterocycles. The van der Waals surface area contributed by atoms with Gasteiger partial charge < -0.3 is 5.73 Å². The van der Waals surface area contributed by atoms with Gasteiger partial charge in [0, 0.05) is 3.57 Å². The minimum atomic E-state index is -0.516. The number of hydrogen-bond donors (Lipinski definition) is 1. The van der Waals surface area contributed by atoms with Gasteiger partial charge in [0.15, 0.2) is 0 Å². The van der Waals surface area contributed by atoms with E-state index >= 15 is 0 Å². The summed E-state index contributed by atoms with van der Waals surface area (Å²) in [6.07, 6.45) is 5.96. The molecule has 0 radical (unpaired) electrons. The van der Waals surface area contributed by atoms with Crippen molar-refractivity contribution in [2.75, 3.05) is 0 Å². The van der Waals surface area contributed by atoms with Crippen molar-refractivity contribution in [1.29, 1.82) is 0 Å². The molecule has 1 atom stereocenters. The fourth-order valence-electron chi connectivity index (χ4n) is 3.12. The molecule has 1 aromatic rings. The molecule has 2 N–H and O–H groups in total. The zero-order valence-corrected chi connectivity index (χ0v) is 12.9. The molecule has 1 amide bonds. The summed E-state index contributed by atoms with van der Waals surface area (Å²) in [7, 11) is 0. The monoisotopic (exact) mass is 357 g/mol. The summed E-state index contributed by atoms with van der Waals surface area (Å²) < 4.78 is 1.14. The van der Waals surface area contributed by atoms with Crippen LogP contribution in [-0.2, 0) is 10.2 Å². The first-order chi connectivity index (χ1) is 8.56. The maximum absolute atomic E-state index is 12.1. The summed E-state index contributed by atoms with van der Waals surface area (Å²) in [6.45, 7) is 2.03. The average molecular weight is 357 g/mol. The summed E-state index contributed by atoms with van der Waals surface area (Å²) in [6, 6.07) is 8.12. The Hall–Kier alpha value is -0.580. The number of benzene rings is 1. The van der Waals surface area contributed by atoms with Gasteiger partial charge in [0.25, 0.3) is 0 Å². The summed E-state index contributed by atoms with van der Waals surface area (Å²) >= 11 is 2.31. The van der Waals surface area contributed by atoms with Crippen LogP contribution in [0.2, 0.25) is 0 Å². The average Bonchev–Trinajstić information content (AvgIpc) is 2.39. The minimum Gasteiger partial charge on any atom is -0.369 e. The fraction of sp³-hybridized carbons (Fsp3) is 0.533. The van der Waals surface area contributed by atoms with Gasteiger partial charge in [0.05, 0.1) is 5.41 Å². The van der Waals surface area contributed by atoms with Crippen molar-refractivity contribution in [2.45, 2.75) is 44.4 Å². The molecular weight excluding hydrogens is 337 g/mol. The molecule has 18 heavy (non-hydrogen) atoms. The maximum atomic E-state index is 12.1. The highest BCUT2D eigenvalue weighted by Crippen LogP contribution is 2.42. The SMILES string of the molecule is CC(C(N)=O)(c1ccccc1I)C1CCCCC1. The first-order valence-electron chi connectivity index (χ1n) is 6.61. The molecule has 0 aliphatic heterocycles. The number of carbonyl (C=O) groups excluding carboxylic acids is 1. The Morgan fingerprint density at radius 2 is 1.89 bits per heavy atom. The molecule has 98 valence electrons. The Balaban J connectivity index is 2.43. The van der Waals surface area contributed by atoms with Crippen LogP contribution in [0.3, 0.4) is 0 Å². The number of rotatable bonds is 3. The van der Waals surface area contributed by atoms with Crippen molar-refractivity contribution in [3.8, 4) is 0 Å². The topological polar surface area (TPSA) is 43.1 Å². The van der Waals surface area contributed by atoms with Gasteiger partial charge in [-0.05, 0) is 59.9 Å². The van der Waals surface area contributed by atoms with E-state index in [9.17, 15) is 4.79 Å². The van der Waals surface area contributed by atoms with Crippen LogP contribution in [0.5, 0.6) is 0 Å². The maximum Gasteiger partial charge on any atom is 0.228 e. The number of hydrogen-bond acceptors (Lipinski definition) is 1. The first-order valence-corrected chi connectivity index (χ1v) is 7.69. The molecule has 1 fully saturated rings. The van der Waals surface area contributed by atoms with Gasteiger partial charge in [0.2, 0.25) is 5.91 Å². The van der Waals surface area contributed by atoms with Crippen LogP contribution in [0, 0.1) is 9.49 Å². The number of carbonyl (C=O) groups is 1. The zero-order valence-electron chi connectivity index (χ0n) is 10.8. The van der Waals surface area contributed by atoms with Gasteiger partial charge in [-0.1, -0.05) is 37.5 Å². The molecule has 0 spiro atoms. The number of halogens is 1. The van der Waals surface area contributed by atoms with Crippen LogP contribution < -0.4 is 5.73 Å². The van der Waals surface area contributed by atoms with Crippen LogP contribution in [0.1, 0.15) is 44.6 Å². The standard InChI is InChI=1S/C15H20INO/c1-15(14(17)18,11-7-3-2-4-8-11)12-9-5-6-10-13(12)16/h5-6,9-11H,2-4,7-8H2,1H3,(H2,17,18). The van der Waals surface area contributed by atoms with E-state index in [0.29, 0.717) is 5.92 Å². The Labute approximate surface area is 122 Å². The van der Waals surface area contributed by atoms with E-state index < -0.39 is 5.41 Å². The van der Waals surface area contributed by atoms with Crippen molar-refractivity contribution in [1.82, 2.24) is 0 Å². The highest BCUT2D eigenvalue weighted by atomic mass is 127. The van der Waals surface area contributed by atoms with E-state index in [1.807, 2.05) is 19.1 Å². The zero-order chi connectivity index (χ0) is 13.2. The van der Waals surface area contributed by atoms with E-state index in [1.165, 1.54) is 19.3 Å². The Kier molecular flexibility index (Phi) is 4.30. The largest absolute Gasteiger partial charge is 0.369 e. The molecule has 0 bridgehead atoms. The number of amides is 1. The van der Waals surface area contributed by atoms with E-state index in [1.54, 1.807) is 0 Å². The smallest absolute Gasteiger partial charge is 0.228 e. The third-order valence-corrected chi connectivity index (χ3v) is 5.31. The molecule has 1 unspecified atom stereocenters. The second kappa shape index (κ2) is 5.59. The van der Waals surface area contributed by atoms with Crippen molar-refractivity contribution in [3.63, 3.8) is 0 Å². The molecule has 1 aromatic carbocycles. The van der Waals surface area contributed by atoms with Gasteiger partial charge >= 0.3 is 0 Å². The summed E-state index contributed by atoms with van der Waals surface area (Å²) in [5, 5.41) is 0. The predicted molar refractivity (Wildman–Crippen MR) is 82.3 cm³/mol. The lowest BCUT2D eigenvalue weighted by molar-refractivity contribution is -0.125. The third kappa shape index (κ3) is 2.42. The summed E-state index contributed by atoms with van der Waals surface area (Å²) in [4.78, 5) is 12.1. The fourth-order valence-corrected chi connectivity index (χ4v) is 4.06. The van der Waals surface area contributed by atoms with Crippen molar-refractivity contribution in [3.05, 3.63) is 33.4 Å². The van der Waals surface area contributed by atoms with Crippen molar-refractivity contribution < 1.29 is 4.79 Å². The van der Waals surface area contributed by atoms with Gasteiger partial charge in [-0.3, -0.25) is 4.79 Å².